The third kappa shape index (κ3) is 12.5. The van der Waals surface area contributed by atoms with Crippen LogP contribution in [0, 0.1) is 50.2 Å². The average Bonchev–Trinajstić information content (AvgIpc) is 0.675. The van der Waals surface area contributed by atoms with Crippen LogP contribution in [-0.2, 0) is 71.2 Å². The van der Waals surface area contributed by atoms with Gasteiger partial charge in [-0.2, -0.15) is 0 Å². The zero-order chi connectivity index (χ0) is 69.3. The van der Waals surface area contributed by atoms with Gasteiger partial charge in [0.15, 0.2) is 43.7 Å². The third-order valence-electron chi connectivity index (χ3n) is 24.7. The molecule has 0 aromatic carbocycles. The second-order valence-corrected chi connectivity index (χ2v) is 30.7. The Hall–Kier alpha value is -2.69. The fourth-order valence-corrected chi connectivity index (χ4v) is 18.7. The van der Waals surface area contributed by atoms with Crippen LogP contribution in [0.3, 0.4) is 0 Å². The summed E-state index contributed by atoms with van der Waals surface area (Å²) in [5, 5.41) is 173. The molecule has 16 N–H and O–H groups in total. The molecule has 0 aromatic heterocycles. The lowest BCUT2D eigenvalue weighted by Gasteiger charge is -2.71. The van der Waals surface area contributed by atoms with Gasteiger partial charge in [-0.15, -0.1) is 0 Å². The van der Waals surface area contributed by atoms with Gasteiger partial charge in [0.1, 0.15) is 116 Å². The molecule has 31 heteroatoms. The molecule has 11 aliphatic rings. The number of aldehydes is 1. The number of allylic oxidation sites excluding steroid dienone is 2. The summed E-state index contributed by atoms with van der Waals surface area (Å²) in [5.74, 6) is -3.01. The van der Waals surface area contributed by atoms with E-state index in [1.807, 2.05) is 0 Å². The van der Waals surface area contributed by atoms with Gasteiger partial charge >= 0.3 is 11.9 Å². The van der Waals surface area contributed by atoms with Crippen LogP contribution in [0.25, 0.3) is 0 Å². The number of fused-ring (bicyclic) bond motifs is 7. The van der Waals surface area contributed by atoms with Gasteiger partial charge in [0.25, 0.3) is 0 Å². The summed E-state index contributed by atoms with van der Waals surface area (Å²) in [6, 6.07) is 0. The van der Waals surface area contributed by atoms with Crippen LogP contribution in [0.1, 0.15) is 120 Å². The van der Waals surface area contributed by atoms with E-state index in [4.69, 9.17) is 56.8 Å². The summed E-state index contributed by atoms with van der Waals surface area (Å²) < 4.78 is 71.2. The molecule has 542 valence electrons. The number of hydrogen-bond acceptors (Lipinski definition) is 30. The smallest absolute Gasteiger partial charge is 0.335 e. The van der Waals surface area contributed by atoms with Crippen LogP contribution in [0.5, 0.6) is 0 Å². The number of aliphatic carboxylic acids is 1. The Kier molecular flexibility index (Phi) is 21.1. The maximum absolute atomic E-state index is 15.6. The zero-order valence-electron chi connectivity index (χ0n) is 54.6. The number of hydrogen-bond donors (Lipinski definition) is 16. The molecule has 6 heterocycles. The maximum Gasteiger partial charge on any atom is 0.335 e. The number of carbonyl (C=O) groups is 3. The van der Waals surface area contributed by atoms with Crippen LogP contribution in [-0.4, -0.2) is 298 Å². The number of carboxylic acid groups (broad SMARTS) is 1. The minimum Gasteiger partial charge on any atom is -0.479 e. The largest absolute Gasteiger partial charge is 0.479 e. The number of rotatable bonds is 15. The highest BCUT2D eigenvalue weighted by atomic mass is 16.8. The van der Waals surface area contributed by atoms with Crippen LogP contribution >= 0.6 is 0 Å². The van der Waals surface area contributed by atoms with E-state index < -0.39 is 237 Å². The van der Waals surface area contributed by atoms with E-state index in [1.165, 1.54) is 13.8 Å². The first-order valence-electron chi connectivity index (χ1n) is 33.4. The quantitative estimate of drug-likeness (QED) is 0.0324. The monoisotopic (exact) mass is 1360 g/mol. The predicted octanol–water partition coefficient (Wildman–Crippen LogP) is -3.78. The maximum atomic E-state index is 15.6. The van der Waals surface area contributed by atoms with Crippen LogP contribution in [0.2, 0.25) is 0 Å². The van der Waals surface area contributed by atoms with Crippen molar-refractivity contribution >= 4 is 18.2 Å². The van der Waals surface area contributed by atoms with Gasteiger partial charge in [-0.1, -0.05) is 53.2 Å². The number of ether oxygens (including phenoxy) is 12. The molecule has 31 nitrogen and oxygen atoms in total. The summed E-state index contributed by atoms with van der Waals surface area (Å²) in [4.78, 5) is 42.0. The molecule has 0 spiro atoms. The van der Waals surface area contributed by atoms with Gasteiger partial charge in [-0.05, 0) is 117 Å². The summed E-state index contributed by atoms with van der Waals surface area (Å²) in [6.45, 7) is 14.0. The van der Waals surface area contributed by atoms with Crippen LogP contribution in [0.4, 0.5) is 0 Å². The molecule has 95 heavy (non-hydrogen) atoms. The lowest BCUT2D eigenvalue weighted by atomic mass is 9.33. The fraction of sp³-hybridized carbons (Fsp3) is 0.922. The normalized spacial score (nSPS) is 54.7. The van der Waals surface area contributed by atoms with Crippen molar-refractivity contribution in [3.05, 3.63) is 11.6 Å². The highest BCUT2D eigenvalue weighted by molar-refractivity contribution is 5.79. The molecule has 6 saturated heterocycles. The summed E-state index contributed by atoms with van der Waals surface area (Å²) in [7, 11) is 0. The molecule has 4 saturated carbocycles. The van der Waals surface area contributed by atoms with Gasteiger partial charge in [0.05, 0.1) is 49.0 Å². The topological polar surface area (TPSA) is 486 Å². The first kappa shape index (κ1) is 73.5. The Morgan fingerprint density at radius 1 is 0.537 bits per heavy atom. The zero-order valence-corrected chi connectivity index (χ0v) is 54.6. The van der Waals surface area contributed by atoms with E-state index >= 15 is 4.79 Å². The van der Waals surface area contributed by atoms with Crippen LogP contribution in [0.15, 0.2) is 11.6 Å². The van der Waals surface area contributed by atoms with Gasteiger partial charge in [-0.25, -0.2) is 4.79 Å². The van der Waals surface area contributed by atoms with Gasteiger partial charge in [-0.3, -0.25) is 4.79 Å². The predicted molar refractivity (Wildman–Crippen MR) is 314 cm³/mol. The second kappa shape index (κ2) is 27.3. The summed E-state index contributed by atoms with van der Waals surface area (Å²) >= 11 is 0. The Bertz CT molecular complexity index is 2760. The summed E-state index contributed by atoms with van der Waals surface area (Å²) in [6.07, 6.45) is -40.7. The number of carbonyl (C=O) groups excluding carboxylic acids is 2. The first-order valence-corrected chi connectivity index (χ1v) is 33.4. The lowest BCUT2D eigenvalue weighted by molar-refractivity contribution is -0.378. The van der Waals surface area contributed by atoms with E-state index in [9.17, 15) is 91.3 Å². The molecule has 0 radical (unpaired) electrons. The first-order chi connectivity index (χ1) is 44.5. The second-order valence-electron chi connectivity index (χ2n) is 30.7. The van der Waals surface area contributed by atoms with Crippen molar-refractivity contribution in [1.29, 1.82) is 0 Å². The molecule has 0 bridgehead atoms. The van der Waals surface area contributed by atoms with E-state index in [0.29, 0.717) is 57.8 Å². The van der Waals surface area contributed by atoms with Gasteiger partial charge < -0.3 is 143 Å². The van der Waals surface area contributed by atoms with Crippen molar-refractivity contribution in [2.75, 3.05) is 19.8 Å². The highest BCUT2D eigenvalue weighted by Crippen LogP contribution is 2.76. The van der Waals surface area contributed by atoms with Crippen molar-refractivity contribution in [2.24, 2.45) is 50.2 Å². The molecule has 5 aliphatic carbocycles. The minimum absolute atomic E-state index is 0.0388. The molecule has 37 atom stereocenters. The molecule has 0 unspecified atom stereocenters. The SMILES string of the molecule is C[C@@H]1O[C@@H](O[C@H]2[C@H](OC(=O)[C@]34CCC(C)(C)C[C@H]3C3=CC[C@@H]5[C@@]6(C)CC[C@H](O[C@@H]7O[C@H](C(=O)O)[C@@H](O)[C@H](O)[C@H]7O[C@@H]7O[C@H](CO)[C@H](O)[C@H](O)[C@H]7O)[C@@](C)(C=O)[C@@H]6CC[C@@]5(C)[C@]3(C)CC4)O[C@H](C)[C@H](O)[C@@H]2O)[C@H](O)[C@H](O)[C@H]1O[C@@H]1OC[C@@H](O)[C@H](O[C@@H]2OC[C@@H](O)[C@H](O)[C@H]2O)[C@H]1O. The highest BCUT2D eigenvalue weighted by Gasteiger charge is 2.71. The Morgan fingerprint density at radius 3 is 1.77 bits per heavy atom. The fourth-order valence-electron chi connectivity index (χ4n) is 18.7. The van der Waals surface area contributed by atoms with E-state index in [0.717, 1.165) is 11.9 Å². The molecule has 0 amide bonds. The van der Waals surface area contributed by atoms with Crippen molar-refractivity contribution in [2.45, 2.75) is 298 Å². The van der Waals surface area contributed by atoms with E-state index in [1.54, 1.807) is 6.92 Å². The van der Waals surface area contributed by atoms with Crippen LogP contribution < -0.4 is 0 Å². The molecular formula is C64H100O31. The van der Waals surface area contributed by atoms with E-state index in [-0.39, 0.29) is 29.6 Å². The Labute approximate surface area is 549 Å². The van der Waals surface area contributed by atoms with E-state index in [2.05, 4.69) is 40.7 Å². The lowest BCUT2D eigenvalue weighted by Crippen LogP contribution is -2.68. The van der Waals surface area contributed by atoms with Crippen molar-refractivity contribution in [3.63, 3.8) is 0 Å². The third-order valence-corrected chi connectivity index (χ3v) is 24.7. The number of carboxylic acids is 1. The molecule has 0 aromatic rings. The van der Waals surface area contributed by atoms with Gasteiger partial charge in [0, 0.05) is 0 Å². The number of aliphatic hydroxyl groups excluding tert-OH is 15. The minimum atomic E-state index is -2.09. The molecule has 11 rings (SSSR count). The number of esters is 1. The van der Waals surface area contributed by atoms with Crippen molar-refractivity contribution < 1.29 is 153 Å². The average molecular weight is 1370 g/mol. The summed E-state index contributed by atoms with van der Waals surface area (Å²) in [5.41, 5.74) is -3.01. The standard InChI is InChI=1S/C64H100O31/c1-24-34(69)38(73)49(93-54-44(79)41(76)46(25(2)87-54)90-53-45(80)47(29(68)22-85-53)91-52-42(77)35(70)28(67)21-84-52)56(86-24)95-58(83)64-17-15-59(3,4)19-27(64)26-9-10-32-60(5)13-12-33(61(6,23-66)31(60)11-14-63(32,8)62(26,7)16-18-64)89-57-50(40(75)39(74)48(92-57)51(81)82)94-55-43(78)37(72)36(71)30(20-65)88-55/h9,23-25,27-50,52-57,65,67-80H,10-22H2,1-8H3,(H,81,82)/t24-,25+,27+,28-,29-,30-,31-,32-,33+,34+,35+,36+,37+,38+,39+,40+,41+,42-,43-,44-,45-,46+,47+,48+,49-,50-,52+,53+,54+,55+,56+,57-,60+,61+,62-,63-,64+/m1/s1. The molecular weight excluding hydrogens is 1260 g/mol. The van der Waals surface area contributed by atoms with Crippen molar-refractivity contribution in [1.82, 2.24) is 0 Å². The Balaban J connectivity index is 0.798. The van der Waals surface area contributed by atoms with Gasteiger partial charge in [0.2, 0.25) is 6.29 Å². The van der Waals surface area contributed by atoms with Crippen molar-refractivity contribution in [3.8, 4) is 0 Å². The number of aliphatic hydroxyl groups is 15. The molecule has 10 fully saturated rings. The molecule has 6 aliphatic heterocycles. The Morgan fingerprint density at radius 2 is 1.11 bits per heavy atom.